The molecule has 2 heterocycles. The Bertz CT molecular complexity index is 558. The fourth-order valence-electron chi connectivity index (χ4n) is 3.11. The summed E-state index contributed by atoms with van der Waals surface area (Å²) in [6.07, 6.45) is 8.84. The summed E-state index contributed by atoms with van der Waals surface area (Å²) >= 11 is 1.44. The van der Waals surface area contributed by atoms with E-state index in [1.54, 1.807) is 0 Å². The Morgan fingerprint density at radius 2 is 2.26 bits per heavy atom. The zero-order valence-electron chi connectivity index (χ0n) is 13.7. The zero-order chi connectivity index (χ0) is 16.1. The average molecular weight is 335 g/mol. The topological polar surface area (TPSA) is 61.4 Å². The van der Waals surface area contributed by atoms with E-state index in [2.05, 4.69) is 31.7 Å². The van der Waals surface area contributed by atoms with E-state index in [9.17, 15) is 4.79 Å². The number of urea groups is 1. The Balaban J connectivity index is 1.47. The van der Waals surface area contributed by atoms with Gasteiger partial charge >= 0.3 is 6.03 Å². The Morgan fingerprint density at radius 1 is 1.35 bits per heavy atom. The fourth-order valence-corrected chi connectivity index (χ4v) is 3.84. The van der Waals surface area contributed by atoms with Gasteiger partial charge in [0.2, 0.25) is 5.13 Å². The normalized spacial score (nSPS) is 22.0. The van der Waals surface area contributed by atoms with E-state index in [1.165, 1.54) is 18.0 Å². The van der Waals surface area contributed by atoms with Gasteiger partial charge in [-0.05, 0) is 38.5 Å². The molecular formula is C16H25N5OS. The van der Waals surface area contributed by atoms with Crippen molar-refractivity contribution >= 4 is 22.7 Å². The predicted octanol–water partition coefficient (Wildman–Crippen LogP) is 2.42. The summed E-state index contributed by atoms with van der Waals surface area (Å²) in [5.74, 6) is 1.42. The number of amides is 2. The Kier molecular flexibility index (Phi) is 5.48. The molecule has 6 nitrogen and oxygen atoms in total. The van der Waals surface area contributed by atoms with Crippen molar-refractivity contribution < 1.29 is 4.79 Å². The van der Waals surface area contributed by atoms with Crippen molar-refractivity contribution in [3.8, 4) is 0 Å². The molecule has 1 fully saturated rings. The largest absolute Gasteiger partial charge is 0.345 e. The number of aryl methyl sites for hydroxylation is 1. The SMILES string of the molecule is Cc1nsc(N2CCCN(C(=O)NC[C@@H]3CC=CCC3)CC2)n1. The molecule has 0 radical (unpaired) electrons. The van der Waals surface area contributed by atoms with Crippen LogP contribution in [-0.4, -0.2) is 53.0 Å². The molecule has 1 aromatic heterocycles. The van der Waals surface area contributed by atoms with Gasteiger partial charge in [-0.25, -0.2) is 9.78 Å². The van der Waals surface area contributed by atoms with Crippen LogP contribution in [0.15, 0.2) is 12.2 Å². The number of hydrogen-bond acceptors (Lipinski definition) is 5. The summed E-state index contributed by atoms with van der Waals surface area (Å²) in [7, 11) is 0. The third-order valence-corrected chi connectivity index (χ3v) is 5.36. The van der Waals surface area contributed by atoms with Crippen molar-refractivity contribution in [3.63, 3.8) is 0 Å². The van der Waals surface area contributed by atoms with Crippen LogP contribution in [0.1, 0.15) is 31.5 Å². The monoisotopic (exact) mass is 335 g/mol. The number of carbonyl (C=O) groups is 1. The highest BCUT2D eigenvalue weighted by Crippen LogP contribution is 2.19. The van der Waals surface area contributed by atoms with Gasteiger partial charge in [0.05, 0.1) is 0 Å². The van der Waals surface area contributed by atoms with Gasteiger partial charge in [-0.1, -0.05) is 12.2 Å². The predicted molar refractivity (Wildman–Crippen MR) is 92.9 cm³/mol. The smallest absolute Gasteiger partial charge is 0.317 e. The van der Waals surface area contributed by atoms with Gasteiger partial charge < -0.3 is 15.1 Å². The van der Waals surface area contributed by atoms with Crippen molar-refractivity contribution in [2.24, 2.45) is 5.92 Å². The van der Waals surface area contributed by atoms with Crippen LogP contribution in [0.4, 0.5) is 9.93 Å². The number of nitrogens with zero attached hydrogens (tertiary/aromatic N) is 4. The van der Waals surface area contributed by atoms with Crippen LogP contribution in [0, 0.1) is 12.8 Å². The highest BCUT2D eigenvalue weighted by molar-refractivity contribution is 7.09. The molecule has 23 heavy (non-hydrogen) atoms. The lowest BCUT2D eigenvalue weighted by Crippen LogP contribution is -2.43. The minimum absolute atomic E-state index is 0.0786. The van der Waals surface area contributed by atoms with Gasteiger partial charge in [0.1, 0.15) is 5.82 Å². The number of hydrogen-bond donors (Lipinski definition) is 1. The van der Waals surface area contributed by atoms with Gasteiger partial charge in [-0.2, -0.15) is 4.37 Å². The van der Waals surface area contributed by atoms with Crippen LogP contribution in [0.25, 0.3) is 0 Å². The summed E-state index contributed by atoms with van der Waals surface area (Å²) in [6.45, 7) is 6.02. The van der Waals surface area contributed by atoms with Crippen LogP contribution in [0.5, 0.6) is 0 Å². The van der Waals surface area contributed by atoms with Crippen molar-refractivity contribution in [1.29, 1.82) is 0 Å². The van der Waals surface area contributed by atoms with E-state index < -0.39 is 0 Å². The molecule has 1 atom stereocenters. The van der Waals surface area contributed by atoms with E-state index in [1.807, 2.05) is 11.8 Å². The first kappa shape index (κ1) is 16.2. The van der Waals surface area contributed by atoms with Crippen LogP contribution in [0.2, 0.25) is 0 Å². The second kappa shape index (κ2) is 7.77. The summed E-state index contributed by atoms with van der Waals surface area (Å²) in [6, 6.07) is 0.0786. The van der Waals surface area contributed by atoms with E-state index in [4.69, 9.17) is 0 Å². The zero-order valence-corrected chi connectivity index (χ0v) is 14.5. The van der Waals surface area contributed by atoms with Gasteiger partial charge in [0.25, 0.3) is 0 Å². The number of anilines is 1. The lowest BCUT2D eigenvalue weighted by Gasteiger charge is -2.24. The lowest BCUT2D eigenvalue weighted by atomic mass is 9.94. The standard InChI is InChI=1S/C16H25N5OS/c1-13-18-16(23-19-13)21-9-5-8-20(10-11-21)15(22)17-12-14-6-3-2-4-7-14/h2-3,14H,4-12H2,1H3,(H,17,22)/t14-/m1/s1. The molecule has 7 heteroatoms. The fraction of sp³-hybridized carbons (Fsp3) is 0.688. The first-order valence-corrected chi connectivity index (χ1v) is 9.23. The number of aromatic nitrogens is 2. The Morgan fingerprint density at radius 3 is 3.00 bits per heavy atom. The van der Waals surface area contributed by atoms with Crippen LogP contribution >= 0.6 is 11.5 Å². The number of carbonyl (C=O) groups excluding carboxylic acids is 1. The first-order chi connectivity index (χ1) is 11.2. The number of rotatable bonds is 3. The molecular weight excluding hydrogens is 310 g/mol. The van der Waals surface area contributed by atoms with E-state index in [0.29, 0.717) is 5.92 Å². The molecule has 2 aliphatic rings. The van der Waals surface area contributed by atoms with Gasteiger partial charge in [-0.3, -0.25) is 0 Å². The molecule has 1 N–H and O–H groups in total. The maximum Gasteiger partial charge on any atom is 0.317 e. The second-order valence-corrected chi connectivity index (χ2v) is 7.02. The molecule has 1 saturated heterocycles. The molecule has 2 amide bonds. The van der Waals surface area contributed by atoms with Gasteiger partial charge in [0.15, 0.2) is 0 Å². The third-order valence-electron chi connectivity index (χ3n) is 4.49. The second-order valence-electron chi connectivity index (χ2n) is 6.29. The molecule has 126 valence electrons. The lowest BCUT2D eigenvalue weighted by molar-refractivity contribution is 0.199. The highest BCUT2D eigenvalue weighted by atomic mass is 32.1. The quantitative estimate of drug-likeness (QED) is 0.862. The minimum Gasteiger partial charge on any atom is -0.345 e. The summed E-state index contributed by atoms with van der Waals surface area (Å²) < 4.78 is 4.25. The Hall–Kier alpha value is -1.63. The maximum atomic E-state index is 12.4. The van der Waals surface area contributed by atoms with Gasteiger partial charge in [-0.15, -0.1) is 0 Å². The molecule has 0 spiro atoms. The molecule has 1 aromatic rings. The minimum atomic E-state index is 0.0786. The van der Waals surface area contributed by atoms with E-state index in [0.717, 1.165) is 62.9 Å². The highest BCUT2D eigenvalue weighted by Gasteiger charge is 2.21. The summed E-state index contributed by atoms with van der Waals surface area (Å²) in [5.41, 5.74) is 0. The number of allylic oxidation sites excluding steroid dienone is 2. The summed E-state index contributed by atoms with van der Waals surface area (Å²) in [4.78, 5) is 21.0. The maximum absolute atomic E-state index is 12.4. The van der Waals surface area contributed by atoms with Crippen LogP contribution in [0.3, 0.4) is 0 Å². The van der Waals surface area contributed by atoms with Crippen LogP contribution < -0.4 is 10.2 Å². The molecule has 0 saturated carbocycles. The number of nitrogens with one attached hydrogen (secondary N) is 1. The first-order valence-electron chi connectivity index (χ1n) is 8.45. The molecule has 3 rings (SSSR count). The summed E-state index contributed by atoms with van der Waals surface area (Å²) in [5, 5.41) is 4.09. The van der Waals surface area contributed by atoms with Crippen molar-refractivity contribution in [1.82, 2.24) is 19.6 Å². The van der Waals surface area contributed by atoms with Gasteiger partial charge in [0, 0.05) is 44.3 Å². The third kappa shape index (κ3) is 4.43. The van der Waals surface area contributed by atoms with Crippen molar-refractivity contribution in [2.45, 2.75) is 32.6 Å². The van der Waals surface area contributed by atoms with Crippen LogP contribution in [-0.2, 0) is 0 Å². The van der Waals surface area contributed by atoms with E-state index >= 15 is 0 Å². The molecule has 0 bridgehead atoms. The molecule has 0 unspecified atom stereocenters. The van der Waals surface area contributed by atoms with Crippen molar-refractivity contribution in [3.05, 3.63) is 18.0 Å². The molecule has 0 aromatic carbocycles. The average Bonchev–Trinajstić information content (AvgIpc) is 2.86. The van der Waals surface area contributed by atoms with Crippen molar-refractivity contribution in [2.75, 3.05) is 37.6 Å². The molecule has 1 aliphatic carbocycles. The Labute approximate surface area is 141 Å². The van der Waals surface area contributed by atoms with E-state index in [-0.39, 0.29) is 6.03 Å². The molecule has 1 aliphatic heterocycles.